The summed E-state index contributed by atoms with van der Waals surface area (Å²) in [4.78, 5) is 0. The van der Waals surface area contributed by atoms with Crippen LogP contribution in [0.5, 0.6) is 5.75 Å². The Kier molecular flexibility index (Phi) is 5.39. The number of aliphatic hydroxyl groups is 1. The van der Waals surface area contributed by atoms with Gasteiger partial charge in [-0.2, -0.15) is 0 Å². The average molecular weight is 264 g/mol. The van der Waals surface area contributed by atoms with Crippen LogP contribution in [0.25, 0.3) is 0 Å². The van der Waals surface area contributed by atoms with Crippen molar-refractivity contribution in [2.45, 2.75) is 12.4 Å². The lowest BCUT2D eigenvalue weighted by Gasteiger charge is -2.20. The third-order valence-corrected chi connectivity index (χ3v) is 2.26. The molecule has 1 rings (SSSR count). The Bertz CT molecular complexity index is 372. The van der Waals surface area contributed by atoms with Crippen molar-refractivity contribution in [3.63, 3.8) is 0 Å². The number of aliphatic hydroxyl groups excluding tert-OH is 1. The van der Waals surface area contributed by atoms with E-state index in [1.165, 1.54) is 18.2 Å². The smallest absolute Gasteiger partial charge is 0.405 e. The van der Waals surface area contributed by atoms with E-state index < -0.39 is 12.4 Å². The fraction of sp³-hybridized carbons (Fsp3) is 0.455. The second kappa shape index (κ2) is 6.58. The topological polar surface area (TPSA) is 67.5 Å². The van der Waals surface area contributed by atoms with Crippen LogP contribution in [0.2, 0.25) is 0 Å². The van der Waals surface area contributed by atoms with Gasteiger partial charge >= 0.3 is 6.36 Å². The lowest BCUT2D eigenvalue weighted by molar-refractivity contribution is -0.275. The summed E-state index contributed by atoms with van der Waals surface area (Å²) in [6, 6.07) is 5.27. The summed E-state index contributed by atoms with van der Waals surface area (Å²) in [5, 5.41) is 11.5. The van der Waals surface area contributed by atoms with Gasteiger partial charge in [0.15, 0.2) is 0 Å². The Morgan fingerprint density at radius 3 is 2.56 bits per heavy atom. The van der Waals surface area contributed by atoms with Gasteiger partial charge in [0.05, 0.1) is 6.61 Å². The third kappa shape index (κ3) is 4.52. The zero-order valence-corrected chi connectivity index (χ0v) is 9.57. The fourth-order valence-electron chi connectivity index (χ4n) is 1.55. The molecule has 102 valence electrons. The van der Waals surface area contributed by atoms with Crippen LogP contribution in [0, 0.1) is 0 Å². The van der Waals surface area contributed by atoms with Crippen molar-refractivity contribution in [1.29, 1.82) is 0 Å². The zero-order chi connectivity index (χ0) is 13.6. The first-order chi connectivity index (χ1) is 8.48. The van der Waals surface area contributed by atoms with E-state index in [4.69, 9.17) is 10.8 Å². The lowest BCUT2D eigenvalue weighted by Crippen LogP contribution is -2.31. The molecule has 0 amide bonds. The van der Waals surface area contributed by atoms with Crippen LogP contribution in [0.1, 0.15) is 11.6 Å². The van der Waals surface area contributed by atoms with Crippen molar-refractivity contribution in [3.05, 3.63) is 29.8 Å². The van der Waals surface area contributed by atoms with Gasteiger partial charge in [-0.25, -0.2) is 0 Å². The van der Waals surface area contributed by atoms with Crippen LogP contribution in [-0.2, 0) is 0 Å². The summed E-state index contributed by atoms with van der Waals surface area (Å²) in [6.45, 7) is 0.208. The predicted octanol–water partition coefficient (Wildman–Crippen LogP) is 1.17. The van der Waals surface area contributed by atoms with E-state index in [-0.39, 0.29) is 25.4 Å². The zero-order valence-electron chi connectivity index (χ0n) is 9.57. The van der Waals surface area contributed by atoms with E-state index in [9.17, 15) is 13.2 Å². The Morgan fingerprint density at radius 1 is 1.33 bits per heavy atom. The van der Waals surface area contributed by atoms with Gasteiger partial charge < -0.3 is 20.9 Å². The molecule has 0 fully saturated rings. The Morgan fingerprint density at radius 2 is 2.00 bits per heavy atom. The van der Waals surface area contributed by atoms with Crippen molar-refractivity contribution >= 4 is 0 Å². The molecule has 4 nitrogen and oxygen atoms in total. The van der Waals surface area contributed by atoms with Crippen molar-refractivity contribution < 1.29 is 23.0 Å². The molecule has 1 atom stereocenters. The molecule has 0 aliphatic heterocycles. The Labute approximate surface area is 103 Å². The molecule has 0 aromatic heterocycles. The normalized spacial score (nSPS) is 13.4. The highest BCUT2D eigenvalue weighted by molar-refractivity contribution is 5.36. The van der Waals surface area contributed by atoms with Gasteiger partial charge in [0.25, 0.3) is 0 Å². The predicted molar refractivity (Wildman–Crippen MR) is 60.0 cm³/mol. The van der Waals surface area contributed by atoms with Crippen LogP contribution >= 0.6 is 0 Å². The first kappa shape index (κ1) is 14.7. The molecule has 4 N–H and O–H groups in total. The summed E-state index contributed by atoms with van der Waals surface area (Å²) in [5.74, 6) is -0.286. The number of rotatable bonds is 6. The van der Waals surface area contributed by atoms with E-state index in [1.54, 1.807) is 6.07 Å². The minimum absolute atomic E-state index is 0.0955. The standard InChI is InChI=1S/C11H15F3N2O2/c12-11(13,14)18-10-4-2-1-3-8(10)9(7-15)16-5-6-17/h1-4,9,16-17H,5-7,15H2. The first-order valence-electron chi connectivity index (χ1n) is 5.37. The molecule has 18 heavy (non-hydrogen) atoms. The number of hydrogen-bond acceptors (Lipinski definition) is 4. The molecule has 0 radical (unpaired) electrons. The first-order valence-corrected chi connectivity index (χ1v) is 5.37. The highest BCUT2D eigenvalue weighted by atomic mass is 19.4. The number of benzene rings is 1. The molecule has 0 saturated carbocycles. The average Bonchev–Trinajstić information content (AvgIpc) is 2.30. The van der Waals surface area contributed by atoms with Crippen molar-refractivity contribution in [2.24, 2.45) is 5.73 Å². The van der Waals surface area contributed by atoms with Gasteiger partial charge in [0.1, 0.15) is 5.75 Å². The lowest BCUT2D eigenvalue weighted by atomic mass is 10.1. The van der Waals surface area contributed by atoms with Crippen molar-refractivity contribution in [1.82, 2.24) is 5.32 Å². The number of para-hydroxylation sites is 1. The van der Waals surface area contributed by atoms with Crippen LogP contribution in [0.15, 0.2) is 24.3 Å². The van der Waals surface area contributed by atoms with Crippen LogP contribution < -0.4 is 15.8 Å². The van der Waals surface area contributed by atoms with E-state index in [0.29, 0.717) is 5.56 Å². The van der Waals surface area contributed by atoms with Gasteiger partial charge in [-0.1, -0.05) is 18.2 Å². The highest BCUT2D eigenvalue weighted by Crippen LogP contribution is 2.29. The van der Waals surface area contributed by atoms with E-state index in [2.05, 4.69) is 10.1 Å². The minimum Gasteiger partial charge on any atom is -0.405 e. The molecule has 7 heteroatoms. The molecule has 0 bridgehead atoms. The van der Waals surface area contributed by atoms with Gasteiger partial charge in [-0.15, -0.1) is 13.2 Å². The molecular formula is C11H15F3N2O2. The Hall–Kier alpha value is -1.31. The summed E-state index contributed by atoms with van der Waals surface area (Å²) in [6.07, 6.45) is -4.74. The molecule has 0 aliphatic carbocycles. The van der Waals surface area contributed by atoms with E-state index in [1.807, 2.05) is 0 Å². The SMILES string of the molecule is NCC(NCCO)c1ccccc1OC(F)(F)F. The molecule has 1 unspecified atom stereocenters. The summed E-state index contributed by atoms with van der Waals surface area (Å²) < 4.78 is 40.6. The molecule has 1 aromatic rings. The third-order valence-electron chi connectivity index (χ3n) is 2.26. The number of alkyl halides is 3. The number of nitrogens with two attached hydrogens (primary N) is 1. The maximum absolute atomic E-state index is 12.2. The second-order valence-electron chi connectivity index (χ2n) is 3.55. The fourth-order valence-corrected chi connectivity index (χ4v) is 1.55. The number of halogens is 3. The molecule has 0 aliphatic rings. The second-order valence-corrected chi connectivity index (χ2v) is 3.55. The Balaban J connectivity index is 2.91. The molecule has 0 heterocycles. The quantitative estimate of drug-likeness (QED) is 0.721. The maximum atomic E-state index is 12.2. The van der Waals surface area contributed by atoms with E-state index >= 15 is 0 Å². The van der Waals surface area contributed by atoms with Gasteiger partial charge in [-0.05, 0) is 6.07 Å². The van der Waals surface area contributed by atoms with Crippen molar-refractivity contribution in [2.75, 3.05) is 19.7 Å². The molecular weight excluding hydrogens is 249 g/mol. The summed E-state index contributed by atoms with van der Waals surface area (Å²) in [7, 11) is 0. The largest absolute Gasteiger partial charge is 0.573 e. The molecule has 0 spiro atoms. The van der Waals surface area contributed by atoms with E-state index in [0.717, 1.165) is 0 Å². The number of ether oxygens (including phenoxy) is 1. The van der Waals surface area contributed by atoms with Crippen LogP contribution in [0.4, 0.5) is 13.2 Å². The van der Waals surface area contributed by atoms with Gasteiger partial charge in [-0.3, -0.25) is 0 Å². The summed E-state index contributed by atoms with van der Waals surface area (Å²) >= 11 is 0. The molecule has 0 saturated heterocycles. The van der Waals surface area contributed by atoms with Gasteiger partial charge in [0, 0.05) is 24.7 Å². The van der Waals surface area contributed by atoms with Gasteiger partial charge in [0.2, 0.25) is 0 Å². The van der Waals surface area contributed by atoms with Crippen molar-refractivity contribution in [3.8, 4) is 5.75 Å². The number of nitrogens with one attached hydrogen (secondary N) is 1. The maximum Gasteiger partial charge on any atom is 0.573 e. The monoisotopic (exact) mass is 264 g/mol. The highest BCUT2D eigenvalue weighted by Gasteiger charge is 2.32. The number of hydrogen-bond donors (Lipinski definition) is 3. The minimum atomic E-state index is -4.74. The molecule has 1 aromatic carbocycles. The summed E-state index contributed by atoms with van der Waals surface area (Å²) in [5.41, 5.74) is 5.81. The van der Waals surface area contributed by atoms with Crippen LogP contribution in [-0.4, -0.2) is 31.2 Å². The van der Waals surface area contributed by atoms with Crippen LogP contribution in [0.3, 0.4) is 0 Å².